The normalized spacial score (nSPS) is 12.3. The third kappa shape index (κ3) is 3.06. The molecule has 1 aromatic carbocycles. The maximum Gasteiger partial charge on any atom is 0.326 e. The van der Waals surface area contributed by atoms with E-state index in [1.54, 1.807) is 32.9 Å². The van der Waals surface area contributed by atoms with Crippen LogP contribution in [-0.4, -0.2) is 23.0 Å². The van der Waals surface area contributed by atoms with Crippen LogP contribution in [0.4, 0.5) is 4.39 Å². The van der Waals surface area contributed by atoms with Gasteiger partial charge >= 0.3 is 5.97 Å². The zero-order valence-electron chi connectivity index (χ0n) is 10.5. The van der Waals surface area contributed by atoms with Crippen LogP contribution in [0.3, 0.4) is 0 Å². The molecule has 0 fully saturated rings. The molecule has 4 nitrogen and oxygen atoms in total. The monoisotopic (exact) mass is 253 g/mol. The van der Waals surface area contributed by atoms with Gasteiger partial charge in [0.05, 0.1) is 5.56 Å². The van der Waals surface area contributed by atoms with Crippen molar-refractivity contribution in [2.45, 2.75) is 26.8 Å². The Balaban J connectivity index is 2.94. The molecule has 18 heavy (non-hydrogen) atoms. The number of amides is 1. The Morgan fingerprint density at radius 1 is 1.33 bits per heavy atom. The number of aryl methyl sites for hydroxylation is 1. The van der Waals surface area contributed by atoms with E-state index in [4.69, 9.17) is 5.11 Å². The van der Waals surface area contributed by atoms with E-state index in [-0.39, 0.29) is 11.5 Å². The first-order valence-electron chi connectivity index (χ1n) is 5.63. The summed E-state index contributed by atoms with van der Waals surface area (Å²) < 4.78 is 13.7. The van der Waals surface area contributed by atoms with Gasteiger partial charge in [-0.15, -0.1) is 0 Å². The first-order chi connectivity index (χ1) is 8.34. The van der Waals surface area contributed by atoms with E-state index in [2.05, 4.69) is 5.32 Å². The molecule has 0 saturated heterocycles. The third-order valence-electron chi connectivity index (χ3n) is 2.66. The van der Waals surface area contributed by atoms with Crippen molar-refractivity contribution < 1.29 is 19.1 Å². The first kappa shape index (κ1) is 14.2. The predicted octanol–water partition coefficient (Wildman–Crippen LogP) is 1.97. The van der Waals surface area contributed by atoms with Crippen molar-refractivity contribution in [3.63, 3.8) is 0 Å². The lowest BCUT2D eigenvalue weighted by atomic mass is 10.0. The van der Waals surface area contributed by atoms with Gasteiger partial charge in [-0.25, -0.2) is 9.18 Å². The molecule has 0 aliphatic rings. The number of carbonyl (C=O) groups excluding carboxylic acids is 1. The highest BCUT2D eigenvalue weighted by Crippen LogP contribution is 2.12. The lowest BCUT2D eigenvalue weighted by Gasteiger charge is -2.18. The number of carbonyl (C=O) groups is 2. The molecule has 98 valence electrons. The van der Waals surface area contributed by atoms with Crippen LogP contribution >= 0.6 is 0 Å². The topological polar surface area (TPSA) is 66.4 Å². The van der Waals surface area contributed by atoms with E-state index in [9.17, 15) is 14.0 Å². The Hall–Kier alpha value is -1.91. The van der Waals surface area contributed by atoms with Gasteiger partial charge in [-0.05, 0) is 24.5 Å². The summed E-state index contributed by atoms with van der Waals surface area (Å²) in [6.07, 6.45) is 0. The van der Waals surface area contributed by atoms with E-state index in [1.807, 2.05) is 0 Å². The molecular weight excluding hydrogens is 237 g/mol. The van der Waals surface area contributed by atoms with E-state index in [1.165, 1.54) is 6.07 Å². The predicted molar refractivity (Wildman–Crippen MR) is 64.9 cm³/mol. The molecule has 1 atom stereocenters. The summed E-state index contributed by atoms with van der Waals surface area (Å²) in [6.45, 7) is 4.89. The SMILES string of the molecule is Cc1cccc(C(=O)N[C@H](C(=O)O)C(C)C)c1F. The van der Waals surface area contributed by atoms with Gasteiger partial charge in [0.25, 0.3) is 5.91 Å². The zero-order valence-corrected chi connectivity index (χ0v) is 10.5. The lowest BCUT2D eigenvalue weighted by Crippen LogP contribution is -2.44. The van der Waals surface area contributed by atoms with Crippen LogP contribution in [0, 0.1) is 18.7 Å². The van der Waals surface area contributed by atoms with Crippen molar-refractivity contribution in [3.8, 4) is 0 Å². The second-order valence-corrected chi connectivity index (χ2v) is 4.47. The quantitative estimate of drug-likeness (QED) is 0.862. The molecule has 0 unspecified atom stereocenters. The molecule has 0 aliphatic heterocycles. The largest absolute Gasteiger partial charge is 0.480 e. The van der Waals surface area contributed by atoms with Crippen molar-refractivity contribution in [2.75, 3.05) is 0 Å². The number of rotatable bonds is 4. The maximum atomic E-state index is 13.7. The number of benzene rings is 1. The molecule has 1 aromatic rings. The Labute approximate surface area is 105 Å². The number of halogens is 1. The molecule has 0 radical (unpaired) electrons. The van der Waals surface area contributed by atoms with Gasteiger partial charge in [0.1, 0.15) is 11.9 Å². The summed E-state index contributed by atoms with van der Waals surface area (Å²) in [4.78, 5) is 22.8. The first-order valence-corrected chi connectivity index (χ1v) is 5.63. The van der Waals surface area contributed by atoms with Crippen LogP contribution in [0.25, 0.3) is 0 Å². The fourth-order valence-electron chi connectivity index (χ4n) is 1.56. The summed E-state index contributed by atoms with van der Waals surface area (Å²) >= 11 is 0. The van der Waals surface area contributed by atoms with E-state index >= 15 is 0 Å². The number of carboxylic acids is 1. The van der Waals surface area contributed by atoms with Crippen LogP contribution in [0.15, 0.2) is 18.2 Å². The second kappa shape index (κ2) is 5.62. The molecular formula is C13H16FNO3. The average Bonchev–Trinajstić information content (AvgIpc) is 2.28. The highest BCUT2D eigenvalue weighted by atomic mass is 19.1. The minimum absolute atomic E-state index is 0.137. The Kier molecular flexibility index (Phi) is 4.42. The van der Waals surface area contributed by atoms with Gasteiger partial charge in [0.2, 0.25) is 0 Å². The summed E-state index contributed by atoms with van der Waals surface area (Å²) in [7, 11) is 0. The molecule has 1 rings (SSSR count). The molecule has 2 N–H and O–H groups in total. The molecule has 0 aliphatic carbocycles. The Morgan fingerprint density at radius 3 is 2.44 bits per heavy atom. The third-order valence-corrected chi connectivity index (χ3v) is 2.66. The highest BCUT2D eigenvalue weighted by molar-refractivity contribution is 5.97. The van der Waals surface area contributed by atoms with Gasteiger partial charge in [-0.3, -0.25) is 4.79 Å². The maximum absolute atomic E-state index is 13.7. The number of carboxylic acid groups (broad SMARTS) is 1. The summed E-state index contributed by atoms with van der Waals surface area (Å²) in [6, 6.07) is 3.40. The molecule has 0 bridgehead atoms. The van der Waals surface area contributed by atoms with Crippen LogP contribution < -0.4 is 5.32 Å². The highest BCUT2D eigenvalue weighted by Gasteiger charge is 2.25. The van der Waals surface area contributed by atoms with Gasteiger partial charge in [-0.2, -0.15) is 0 Å². The van der Waals surface area contributed by atoms with Crippen molar-refractivity contribution in [1.29, 1.82) is 0 Å². The van der Waals surface area contributed by atoms with Crippen molar-refractivity contribution in [2.24, 2.45) is 5.92 Å². The van der Waals surface area contributed by atoms with Gasteiger partial charge in [0, 0.05) is 0 Å². The van der Waals surface area contributed by atoms with Crippen molar-refractivity contribution in [1.82, 2.24) is 5.32 Å². The average molecular weight is 253 g/mol. The van der Waals surface area contributed by atoms with E-state index in [0.29, 0.717) is 5.56 Å². The smallest absolute Gasteiger partial charge is 0.326 e. The summed E-state index contributed by atoms with van der Waals surface area (Å²) in [5, 5.41) is 11.3. The van der Waals surface area contributed by atoms with Crippen LogP contribution in [0.1, 0.15) is 29.8 Å². The van der Waals surface area contributed by atoms with Gasteiger partial charge < -0.3 is 10.4 Å². The zero-order chi connectivity index (χ0) is 13.9. The minimum Gasteiger partial charge on any atom is -0.480 e. The second-order valence-electron chi connectivity index (χ2n) is 4.47. The fraction of sp³-hybridized carbons (Fsp3) is 0.385. The fourth-order valence-corrected chi connectivity index (χ4v) is 1.56. The number of nitrogens with one attached hydrogen (secondary N) is 1. The van der Waals surface area contributed by atoms with E-state index in [0.717, 1.165) is 0 Å². The number of hydrogen-bond donors (Lipinski definition) is 2. The summed E-state index contributed by atoms with van der Waals surface area (Å²) in [5.41, 5.74) is 0.209. The number of aliphatic carboxylic acids is 1. The summed E-state index contributed by atoms with van der Waals surface area (Å²) in [5.74, 6) is -2.74. The van der Waals surface area contributed by atoms with Gasteiger partial charge in [0.15, 0.2) is 0 Å². The van der Waals surface area contributed by atoms with Crippen LogP contribution in [-0.2, 0) is 4.79 Å². The molecule has 1 amide bonds. The van der Waals surface area contributed by atoms with Crippen LogP contribution in [0.5, 0.6) is 0 Å². The lowest BCUT2D eigenvalue weighted by molar-refractivity contribution is -0.140. The van der Waals surface area contributed by atoms with Gasteiger partial charge in [-0.1, -0.05) is 26.0 Å². The van der Waals surface area contributed by atoms with Crippen LogP contribution in [0.2, 0.25) is 0 Å². The molecule has 0 aromatic heterocycles. The molecule has 0 saturated carbocycles. The van der Waals surface area contributed by atoms with Crippen molar-refractivity contribution >= 4 is 11.9 Å². The van der Waals surface area contributed by atoms with Crippen molar-refractivity contribution in [3.05, 3.63) is 35.1 Å². The molecule has 0 heterocycles. The number of hydrogen-bond acceptors (Lipinski definition) is 2. The Morgan fingerprint density at radius 2 is 1.94 bits per heavy atom. The molecule has 5 heteroatoms. The standard InChI is InChI=1S/C13H16FNO3/c1-7(2)11(13(17)18)15-12(16)9-6-4-5-8(3)10(9)14/h4-7,11H,1-3H3,(H,15,16)(H,17,18)/t11-/m0/s1. The minimum atomic E-state index is -1.13. The molecule has 0 spiro atoms. The van der Waals surface area contributed by atoms with E-state index < -0.39 is 23.7 Å². The Bertz CT molecular complexity index is 471.